The fourth-order valence-electron chi connectivity index (χ4n) is 4.58. The zero-order valence-corrected chi connectivity index (χ0v) is 20.1. The molecular formula is C27H26ClN5O2. The summed E-state index contributed by atoms with van der Waals surface area (Å²) in [5.41, 5.74) is 5.13. The predicted octanol–water partition coefficient (Wildman–Crippen LogP) is 5.62. The minimum absolute atomic E-state index is 0.0477. The van der Waals surface area contributed by atoms with E-state index in [1.165, 1.54) is 18.4 Å². The summed E-state index contributed by atoms with van der Waals surface area (Å²) < 4.78 is 7.45. The number of hydrogen-bond donors (Lipinski definition) is 2. The van der Waals surface area contributed by atoms with Crippen molar-refractivity contribution in [2.75, 3.05) is 17.7 Å². The summed E-state index contributed by atoms with van der Waals surface area (Å²) in [6.45, 7) is 0.542. The van der Waals surface area contributed by atoms with E-state index < -0.39 is 0 Å². The van der Waals surface area contributed by atoms with Crippen LogP contribution in [-0.4, -0.2) is 27.4 Å². The number of anilines is 2. The van der Waals surface area contributed by atoms with E-state index in [9.17, 15) is 4.79 Å². The van der Waals surface area contributed by atoms with Crippen LogP contribution in [0, 0.1) is 5.92 Å². The zero-order chi connectivity index (χ0) is 23.9. The van der Waals surface area contributed by atoms with Gasteiger partial charge in [-0.05, 0) is 60.4 Å². The Labute approximate surface area is 208 Å². The molecule has 0 aliphatic heterocycles. The minimum atomic E-state index is -0.0867. The molecule has 8 heteroatoms. The van der Waals surface area contributed by atoms with E-state index in [0.717, 1.165) is 29.0 Å². The Balaban J connectivity index is 1.12. The van der Waals surface area contributed by atoms with Gasteiger partial charge in [0.1, 0.15) is 11.5 Å². The highest BCUT2D eigenvalue weighted by Gasteiger charge is 2.44. The van der Waals surface area contributed by atoms with Crippen molar-refractivity contribution in [1.29, 1.82) is 0 Å². The molecule has 0 bridgehead atoms. The minimum Gasteiger partial charge on any atom is -0.481 e. The number of ether oxygens (including phenoxy) is 1. The summed E-state index contributed by atoms with van der Waals surface area (Å²) in [4.78, 5) is 22.0. The van der Waals surface area contributed by atoms with E-state index >= 15 is 0 Å². The van der Waals surface area contributed by atoms with Crippen molar-refractivity contribution < 1.29 is 9.53 Å². The molecule has 1 aromatic carbocycles. The van der Waals surface area contributed by atoms with E-state index in [1.807, 2.05) is 36.4 Å². The molecular weight excluding hydrogens is 462 g/mol. The smallest absolute Gasteiger partial charge is 0.229 e. The normalized spacial score (nSPS) is 18.9. The maximum atomic E-state index is 12.9. The summed E-state index contributed by atoms with van der Waals surface area (Å²) in [7, 11) is 1.56. The fourth-order valence-corrected chi connectivity index (χ4v) is 4.78. The SMILES string of the molecule is COc1cc(NCc2cn3cc(C4CC4)ccc3n2)cc(NC(=O)[C@H]2CC2c2cccc(Cl)c2)n1. The van der Waals surface area contributed by atoms with Crippen molar-refractivity contribution in [2.45, 2.75) is 37.6 Å². The molecule has 1 amide bonds. The van der Waals surface area contributed by atoms with Gasteiger partial charge in [-0.1, -0.05) is 29.8 Å². The van der Waals surface area contributed by atoms with Crippen LogP contribution in [0.4, 0.5) is 11.5 Å². The molecule has 2 aliphatic rings. The molecule has 178 valence electrons. The van der Waals surface area contributed by atoms with Crippen LogP contribution in [-0.2, 0) is 11.3 Å². The quantitative estimate of drug-likeness (QED) is 0.337. The molecule has 6 rings (SSSR count). The topological polar surface area (TPSA) is 80.5 Å². The number of carbonyl (C=O) groups is 1. The van der Waals surface area contributed by atoms with E-state index in [4.69, 9.17) is 21.3 Å². The second-order valence-electron chi connectivity index (χ2n) is 9.36. The second kappa shape index (κ2) is 8.89. The Hall–Kier alpha value is -3.58. The Bertz CT molecular complexity index is 1410. The predicted molar refractivity (Wildman–Crippen MR) is 136 cm³/mol. The Morgan fingerprint density at radius 2 is 2.00 bits per heavy atom. The van der Waals surface area contributed by atoms with Crippen LogP contribution < -0.4 is 15.4 Å². The van der Waals surface area contributed by atoms with Crippen molar-refractivity contribution in [3.05, 3.63) is 82.8 Å². The maximum absolute atomic E-state index is 12.9. The number of pyridine rings is 2. The monoisotopic (exact) mass is 487 g/mol. The van der Waals surface area contributed by atoms with Gasteiger partial charge in [0.05, 0.1) is 19.3 Å². The van der Waals surface area contributed by atoms with Gasteiger partial charge in [0.15, 0.2) is 0 Å². The number of rotatable bonds is 8. The van der Waals surface area contributed by atoms with Crippen LogP contribution in [0.15, 0.2) is 60.9 Å². The maximum Gasteiger partial charge on any atom is 0.229 e. The molecule has 0 saturated heterocycles. The largest absolute Gasteiger partial charge is 0.481 e. The number of benzene rings is 1. The molecule has 2 fully saturated rings. The first-order chi connectivity index (χ1) is 17.1. The van der Waals surface area contributed by atoms with Gasteiger partial charge >= 0.3 is 0 Å². The van der Waals surface area contributed by atoms with Crippen LogP contribution >= 0.6 is 11.6 Å². The molecule has 2 atom stereocenters. The van der Waals surface area contributed by atoms with E-state index in [1.54, 1.807) is 7.11 Å². The third-order valence-corrected chi connectivity index (χ3v) is 6.95. The Morgan fingerprint density at radius 3 is 2.80 bits per heavy atom. The average molecular weight is 488 g/mol. The van der Waals surface area contributed by atoms with Crippen LogP contribution in [0.1, 0.15) is 47.9 Å². The Kier molecular flexibility index (Phi) is 5.57. The van der Waals surface area contributed by atoms with E-state index in [0.29, 0.717) is 29.2 Å². The van der Waals surface area contributed by atoms with Crippen molar-refractivity contribution in [3.8, 4) is 5.88 Å². The molecule has 3 aromatic heterocycles. The molecule has 3 heterocycles. The van der Waals surface area contributed by atoms with Crippen LogP contribution in [0.3, 0.4) is 0 Å². The van der Waals surface area contributed by atoms with Gasteiger partial charge in [0.2, 0.25) is 11.8 Å². The summed E-state index contributed by atoms with van der Waals surface area (Å²) in [6, 6.07) is 15.6. The van der Waals surface area contributed by atoms with Crippen molar-refractivity contribution in [3.63, 3.8) is 0 Å². The second-order valence-corrected chi connectivity index (χ2v) is 9.80. The highest BCUT2D eigenvalue weighted by molar-refractivity contribution is 6.30. The lowest BCUT2D eigenvalue weighted by molar-refractivity contribution is -0.117. The van der Waals surface area contributed by atoms with Gasteiger partial charge in [-0.3, -0.25) is 4.79 Å². The van der Waals surface area contributed by atoms with Crippen molar-refractivity contribution >= 4 is 34.7 Å². The van der Waals surface area contributed by atoms with Crippen LogP contribution in [0.25, 0.3) is 5.65 Å². The lowest BCUT2D eigenvalue weighted by Crippen LogP contribution is -2.16. The standard InChI is InChI=1S/C27H26ClN5O2/c1-35-26-11-20(29-13-21-15-33-14-18(16-5-6-16)7-8-25(33)30-21)10-24(31-26)32-27(34)23-12-22(23)17-3-2-4-19(28)9-17/h2-4,7-11,14-16,22-23H,5-6,12-13H2,1H3,(H2,29,31,32,34)/t22?,23-/m0/s1. The molecule has 7 nitrogen and oxygen atoms in total. The number of methoxy groups -OCH3 is 1. The molecule has 2 aliphatic carbocycles. The van der Waals surface area contributed by atoms with Crippen LogP contribution in [0.2, 0.25) is 5.02 Å². The number of nitrogens with zero attached hydrogens (tertiary/aromatic N) is 3. The number of amides is 1. The molecule has 35 heavy (non-hydrogen) atoms. The Morgan fingerprint density at radius 1 is 1.11 bits per heavy atom. The van der Waals surface area contributed by atoms with Gasteiger partial charge in [0, 0.05) is 41.2 Å². The van der Waals surface area contributed by atoms with Gasteiger partial charge in [-0.25, -0.2) is 4.98 Å². The number of imidazole rings is 1. The number of carbonyl (C=O) groups excluding carboxylic acids is 1. The first kappa shape index (κ1) is 21.9. The summed E-state index contributed by atoms with van der Waals surface area (Å²) >= 11 is 6.11. The van der Waals surface area contributed by atoms with Gasteiger partial charge < -0.3 is 19.8 Å². The highest BCUT2D eigenvalue weighted by Crippen LogP contribution is 2.48. The third-order valence-electron chi connectivity index (χ3n) is 6.71. The highest BCUT2D eigenvalue weighted by atomic mass is 35.5. The average Bonchev–Trinajstić information content (AvgIpc) is 3.78. The number of aromatic nitrogens is 3. The number of nitrogens with one attached hydrogen (secondary N) is 2. The van der Waals surface area contributed by atoms with Crippen molar-refractivity contribution in [1.82, 2.24) is 14.4 Å². The van der Waals surface area contributed by atoms with E-state index in [2.05, 4.69) is 44.5 Å². The van der Waals surface area contributed by atoms with Crippen molar-refractivity contribution in [2.24, 2.45) is 5.92 Å². The lowest BCUT2D eigenvalue weighted by Gasteiger charge is -2.11. The van der Waals surface area contributed by atoms with Crippen LogP contribution in [0.5, 0.6) is 5.88 Å². The van der Waals surface area contributed by atoms with Gasteiger partial charge in [-0.2, -0.15) is 4.98 Å². The van der Waals surface area contributed by atoms with Gasteiger partial charge in [0.25, 0.3) is 0 Å². The zero-order valence-electron chi connectivity index (χ0n) is 19.4. The first-order valence-corrected chi connectivity index (χ1v) is 12.3. The lowest BCUT2D eigenvalue weighted by atomic mass is 10.1. The number of fused-ring (bicyclic) bond motifs is 1. The molecule has 1 unspecified atom stereocenters. The molecule has 2 saturated carbocycles. The van der Waals surface area contributed by atoms with E-state index in [-0.39, 0.29) is 17.7 Å². The molecule has 0 radical (unpaired) electrons. The fraction of sp³-hybridized carbons (Fsp3) is 0.296. The molecule has 2 N–H and O–H groups in total. The summed E-state index contributed by atoms with van der Waals surface area (Å²) in [6.07, 6.45) is 7.59. The van der Waals surface area contributed by atoms with Gasteiger partial charge in [-0.15, -0.1) is 0 Å². The molecule has 4 aromatic rings. The first-order valence-electron chi connectivity index (χ1n) is 11.9. The number of halogens is 1. The molecule has 0 spiro atoms. The third kappa shape index (κ3) is 4.82. The summed E-state index contributed by atoms with van der Waals surface area (Å²) in [5.74, 6) is 1.64. The summed E-state index contributed by atoms with van der Waals surface area (Å²) in [5, 5.41) is 7.02. The number of hydrogen-bond acceptors (Lipinski definition) is 5.